The number of esters is 1. The predicted octanol–water partition coefficient (Wildman–Crippen LogP) is 2.26. The molecule has 2 heteroatoms. The summed E-state index contributed by atoms with van der Waals surface area (Å²) in [5.74, 6) is -0.252. The first-order chi connectivity index (χ1) is 6.29. The van der Waals surface area contributed by atoms with Crippen molar-refractivity contribution in [1.29, 1.82) is 0 Å². The van der Waals surface area contributed by atoms with Gasteiger partial charge >= 0.3 is 5.97 Å². The highest BCUT2D eigenvalue weighted by Crippen LogP contribution is 2.00. The molecule has 0 aliphatic carbocycles. The first kappa shape index (κ1) is 9.52. The van der Waals surface area contributed by atoms with Gasteiger partial charge < -0.3 is 4.74 Å². The van der Waals surface area contributed by atoms with Crippen molar-refractivity contribution in [2.24, 2.45) is 0 Å². The van der Waals surface area contributed by atoms with E-state index in [0.29, 0.717) is 6.61 Å². The van der Waals surface area contributed by atoms with Crippen LogP contribution in [0.3, 0.4) is 0 Å². The van der Waals surface area contributed by atoms with Crippen LogP contribution in [0.15, 0.2) is 36.4 Å². The van der Waals surface area contributed by atoms with E-state index in [2.05, 4.69) is 0 Å². The summed E-state index contributed by atoms with van der Waals surface area (Å²) in [4.78, 5) is 10.4. The van der Waals surface area contributed by atoms with Crippen LogP contribution >= 0.6 is 0 Å². The van der Waals surface area contributed by atoms with Crippen LogP contribution in [0.4, 0.5) is 0 Å². The molecule has 2 nitrogen and oxygen atoms in total. The van der Waals surface area contributed by atoms with E-state index in [0.717, 1.165) is 5.56 Å². The van der Waals surface area contributed by atoms with Gasteiger partial charge in [-0.1, -0.05) is 36.4 Å². The lowest BCUT2D eigenvalue weighted by Gasteiger charge is -1.94. The number of rotatable bonds is 3. The first-order valence-corrected chi connectivity index (χ1v) is 4.14. The van der Waals surface area contributed by atoms with E-state index in [-0.39, 0.29) is 5.97 Å². The summed E-state index contributed by atoms with van der Waals surface area (Å²) in [6, 6.07) is 9.87. The number of hydrogen-bond donors (Lipinski definition) is 0. The molecular formula is C11H12O2. The fraction of sp³-hybridized carbons (Fsp3) is 0.182. The van der Waals surface area contributed by atoms with Crippen LogP contribution in [-0.2, 0) is 9.53 Å². The summed E-state index contributed by atoms with van der Waals surface area (Å²) in [5.41, 5.74) is 1.11. The third kappa shape index (κ3) is 4.11. The minimum absolute atomic E-state index is 0.252. The molecule has 0 aliphatic rings. The van der Waals surface area contributed by atoms with Crippen LogP contribution in [0.5, 0.6) is 0 Å². The van der Waals surface area contributed by atoms with E-state index in [1.807, 2.05) is 42.5 Å². The molecule has 13 heavy (non-hydrogen) atoms. The normalized spacial score (nSPS) is 10.2. The highest BCUT2D eigenvalue weighted by atomic mass is 16.5. The standard InChI is InChI=1S/C11H12O2/c1-10(12)13-9-5-8-11-6-3-2-4-7-11/h2-8H,9H2,1H3/b8-5-. The van der Waals surface area contributed by atoms with Crippen molar-refractivity contribution in [3.8, 4) is 0 Å². The van der Waals surface area contributed by atoms with Gasteiger partial charge in [-0.2, -0.15) is 0 Å². The molecule has 0 N–H and O–H groups in total. The lowest BCUT2D eigenvalue weighted by molar-refractivity contribution is -0.139. The van der Waals surface area contributed by atoms with Crippen molar-refractivity contribution >= 4 is 12.0 Å². The zero-order valence-electron chi connectivity index (χ0n) is 7.57. The Kier molecular flexibility index (Phi) is 3.76. The Morgan fingerprint density at radius 3 is 2.69 bits per heavy atom. The molecule has 0 unspecified atom stereocenters. The first-order valence-electron chi connectivity index (χ1n) is 4.14. The van der Waals surface area contributed by atoms with Gasteiger partial charge in [-0.25, -0.2) is 0 Å². The van der Waals surface area contributed by atoms with Crippen molar-refractivity contribution in [1.82, 2.24) is 0 Å². The van der Waals surface area contributed by atoms with Crippen molar-refractivity contribution < 1.29 is 9.53 Å². The maximum absolute atomic E-state index is 10.4. The Labute approximate surface area is 77.8 Å². The van der Waals surface area contributed by atoms with Crippen LogP contribution in [0.25, 0.3) is 6.08 Å². The average molecular weight is 176 g/mol. The fourth-order valence-electron chi connectivity index (χ4n) is 0.914. The molecule has 1 rings (SSSR count). The molecule has 0 amide bonds. The lowest BCUT2D eigenvalue weighted by atomic mass is 10.2. The molecule has 0 atom stereocenters. The Morgan fingerprint density at radius 2 is 2.08 bits per heavy atom. The molecular weight excluding hydrogens is 164 g/mol. The summed E-state index contributed by atoms with van der Waals surface area (Å²) in [6.07, 6.45) is 3.74. The molecule has 1 aromatic rings. The average Bonchev–Trinajstić information content (AvgIpc) is 2.14. The van der Waals surface area contributed by atoms with E-state index < -0.39 is 0 Å². The predicted molar refractivity (Wildman–Crippen MR) is 52.1 cm³/mol. The number of hydrogen-bond acceptors (Lipinski definition) is 2. The summed E-state index contributed by atoms with van der Waals surface area (Å²) in [6.45, 7) is 1.74. The SMILES string of the molecule is CC(=O)OC/C=C\c1ccccc1. The molecule has 1 aromatic carbocycles. The summed E-state index contributed by atoms with van der Waals surface area (Å²) in [7, 11) is 0. The molecule has 0 spiro atoms. The van der Waals surface area contributed by atoms with E-state index >= 15 is 0 Å². The van der Waals surface area contributed by atoms with E-state index in [4.69, 9.17) is 4.74 Å². The van der Waals surface area contributed by atoms with Gasteiger partial charge in [-0.05, 0) is 11.6 Å². The quantitative estimate of drug-likeness (QED) is 0.660. The topological polar surface area (TPSA) is 26.3 Å². The largest absolute Gasteiger partial charge is 0.462 e. The third-order valence-electron chi connectivity index (χ3n) is 1.49. The van der Waals surface area contributed by atoms with Crippen molar-refractivity contribution in [3.05, 3.63) is 42.0 Å². The Hall–Kier alpha value is -1.57. The molecule has 0 aromatic heterocycles. The van der Waals surface area contributed by atoms with Crippen LogP contribution in [0.2, 0.25) is 0 Å². The van der Waals surface area contributed by atoms with E-state index in [1.165, 1.54) is 6.92 Å². The van der Waals surface area contributed by atoms with Gasteiger partial charge in [0.1, 0.15) is 6.61 Å². The highest BCUT2D eigenvalue weighted by molar-refractivity contribution is 5.66. The van der Waals surface area contributed by atoms with Gasteiger partial charge in [0.25, 0.3) is 0 Å². The number of benzene rings is 1. The van der Waals surface area contributed by atoms with Gasteiger partial charge in [0.2, 0.25) is 0 Å². The van der Waals surface area contributed by atoms with Gasteiger partial charge in [0, 0.05) is 6.92 Å². The van der Waals surface area contributed by atoms with Gasteiger partial charge in [-0.3, -0.25) is 4.79 Å². The second-order valence-corrected chi connectivity index (χ2v) is 2.62. The zero-order chi connectivity index (χ0) is 9.52. The molecule has 0 saturated carbocycles. The Morgan fingerprint density at radius 1 is 1.38 bits per heavy atom. The maximum Gasteiger partial charge on any atom is 0.302 e. The second kappa shape index (κ2) is 5.14. The van der Waals surface area contributed by atoms with E-state index in [9.17, 15) is 4.79 Å². The molecule has 0 heterocycles. The molecule has 0 radical (unpaired) electrons. The lowest BCUT2D eigenvalue weighted by Crippen LogP contribution is -1.97. The number of carbonyl (C=O) groups excluding carboxylic acids is 1. The number of ether oxygens (including phenoxy) is 1. The van der Waals surface area contributed by atoms with Gasteiger partial charge in [0.15, 0.2) is 0 Å². The Bertz CT molecular complexity index is 288. The molecule has 68 valence electrons. The molecule has 0 saturated heterocycles. The maximum atomic E-state index is 10.4. The fourth-order valence-corrected chi connectivity index (χ4v) is 0.914. The molecule has 0 fully saturated rings. The van der Waals surface area contributed by atoms with Crippen LogP contribution < -0.4 is 0 Å². The second-order valence-electron chi connectivity index (χ2n) is 2.62. The number of carbonyl (C=O) groups is 1. The Balaban J connectivity index is 2.37. The van der Waals surface area contributed by atoms with E-state index in [1.54, 1.807) is 0 Å². The van der Waals surface area contributed by atoms with Crippen LogP contribution in [0.1, 0.15) is 12.5 Å². The van der Waals surface area contributed by atoms with Gasteiger partial charge in [-0.15, -0.1) is 0 Å². The van der Waals surface area contributed by atoms with Gasteiger partial charge in [0.05, 0.1) is 0 Å². The van der Waals surface area contributed by atoms with Crippen LogP contribution in [-0.4, -0.2) is 12.6 Å². The van der Waals surface area contributed by atoms with Crippen LogP contribution in [0, 0.1) is 0 Å². The summed E-state index contributed by atoms with van der Waals surface area (Å²) < 4.78 is 4.74. The third-order valence-corrected chi connectivity index (χ3v) is 1.49. The van der Waals surface area contributed by atoms with Crippen molar-refractivity contribution in [2.75, 3.05) is 6.61 Å². The van der Waals surface area contributed by atoms with Crippen molar-refractivity contribution in [3.63, 3.8) is 0 Å². The monoisotopic (exact) mass is 176 g/mol. The minimum atomic E-state index is -0.252. The smallest absolute Gasteiger partial charge is 0.302 e. The molecule has 0 aliphatic heterocycles. The minimum Gasteiger partial charge on any atom is -0.462 e. The highest BCUT2D eigenvalue weighted by Gasteiger charge is 1.87. The summed E-state index contributed by atoms with van der Waals surface area (Å²) in [5, 5.41) is 0. The summed E-state index contributed by atoms with van der Waals surface area (Å²) >= 11 is 0. The zero-order valence-corrected chi connectivity index (χ0v) is 7.57. The molecule has 0 bridgehead atoms. The van der Waals surface area contributed by atoms with Crippen molar-refractivity contribution in [2.45, 2.75) is 6.92 Å².